The van der Waals surface area contributed by atoms with E-state index in [1.54, 1.807) is 4.40 Å². The summed E-state index contributed by atoms with van der Waals surface area (Å²) in [4.78, 5) is 0. The van der Waals surface area contributed by atoms with Crippen molar-refractivity contribution in [2.24, 2.45) is 0 Å². The summed E-state index contributed by atoms with van der Waals surface area (Å²) in [5.41, 5.74) is 1.25. The summed E-state index contributed by atoms with van der Waals surface area (Å²) in [5.74, 6) is 0.528. The number of halogens is 1. The zero-order chi connectivity index (χ0) is 16.4. The third-order valence-corrected chi connectivity index (χ3v) is 4.39. The van der Waals surface area contributed by atoms with Gasteiger partial charge in [-0.3, -0.25) is 4.40 Å². The van der Waals surface area contributed by atoms with E-state index in [-0.39, 0.29) is 6.61 Å². The van der Waals surface area contributed by atoms with Gasteiger partial charge in [0.15, 0.2) is 5.75 Å². The molecule has 1 aliphatic heterocycles. The normalized spacial score (nSPS) is 17.0. The van der Waals surface area contributed by atoms with Gasteiger partial charge in [-0.2, -0.15) is 0 Å². The van der Waals surface area contributed by atoms with Crippen molar-refractivity contribution in [2.75, 3.05) is 19.7 Å². The molecule has 1 aliphatic rings. The van der Waals surface area contributed by atoms with E-state index in [0.717, 1.165) is 11.1 Å². The molecule has 0 bridgehead atoms. The molecule has 0 unspecified atom stereocenters. The van der Waals surface area contributed by atoms with Gasteiger partial charge < -0.3 is 10.1 Å². The molecule has 0 atom stereocenters. The van der Waals surface area contributed by atoms with Crippen LogP contribution < -0.4 is 10.1 Å². The first kappa shape index (κ1) is 15.1. The van der Waals surface area contributed by atoms with Crippen LogP contribution in [0.4, 0.5) is 4.39 Å². The molecule has 6 heteroatoms. The Morgan fingerprint density at radius 1 is 1.21 bits per heavy atom. The first-order valence-electron chi connectivity index (χ1n) is 8.08. The van der Waals surface area contributed by atoms with Gasteiger partial charge in [-0.05, 0) is 37.6 Å². The van der Waals surface area contributed by atoms with Crippen LogP contribution in [-0.4, -0.2) is 40.0 Å². The van der Waals surface area contributed by atoms with Gasteiger partial charge in [0.2, 0.25) is 12.0 Å². The molecule has 1 saturated heterocycles. The highest BCUT2D eigenvalue weighted by molar-refractivity contribution is 5.68. The van der Waals surface area contributed by atoms with Crippen LogP contribution >= 0.6 is 0 Å². The SMILES string of the molecule is FC1(COc2cc(-c3ccccc3)cn3[c]nnc23)CCNCC1. The van der Waals surface area contributed by atoms with Crippen molar-refractivity contribution < 1.29 is 9.13 Å². The van der Waals surface area contributed by atoms with Crippen LogP contribution in [0.2, 0.25) is 0 Å². The van der Waals surface area contributed by atoms with Crippen LogP contribution in [0.1, 0.15) is 12.8 Å². The molecule has 0 saturated carbocycles. The number of nitrogens with zero attached hydrogens (tertiary/aromatic N) is 3. The van der Waals surface area contributed by atoms with Gasteiger partial charge in [-0.15, -0.1) is 10.2 Å². The summed E-state index contributed by atoms with van der Waals surface area (Å²) in [7, 11) is 0. The van der Waals surface area contributed by atoms with Gasteiger partial charge in [0.25, 0.3) is 0 Å². The second-order valence-electron chi connectivity index (χ2n) is 6.14. The quantitative estimate of drug-likeness (QED) is 0.801. The lowest BCUT2D eigenvalue weighted by molar-refractivity contribution is 0.0544. The maximum absolute atomic E-state index is 14.8. The smallest absolute Gasteiger partial charge is 0.206 e. The number of fused-ring (bicyclic) bond motifs is 1. The number of pyridine rings is 1. The fourth-order valence-electron chi connectivity index (χ4n) is 2.97. The lowest BCUT2D eigenvalue weighted by Gasteiger charge is -2.29. The van der Waals surface area contributed by atoms with E-state index >= 15 is 0 Å². The van der Waals surface area contributed by atoms with E-state index in [4.69, 9.17) is 4.74 Å². The summed E-state index contributed by atoms with van der Waals surface area (Å²) in [6, 6.07) is 11.8. The van der Waals surface area contributed by atoms with Gasteiger partial charge >= 0.3 is 0 Å². The number of rotatable bonds is 4. The van der Waals surface area contributed by atoms with E-state index in [2.05, 4.69) is 21.8 Å². The van der Waals surface area contributed by atoms with Gasteiger partial charge in [-0.25, -0.2) is 4.39 Å². The Morgan fingerprint density at radius 3 is 2.79 bits per heavy atom. The standard InChI is InChI=1S/C18H18FN4O/c19-18(6-8-20-9-7-18)12-24-16-10-15(14-4-2-1-3-5-14)11-23-13-21-22-17(16)23/h1-5,10-11,20H,6-9,12H2. The maximum atomic E-state index is 14.8. The van der Waals surface area contributed by atoms with Crippen LogP contribution in [-0.2, 0) is 0 Å². The second kappa shape index (κ2) is 6.20. The molecule has 2 aromatic heterocycles. The molecule has 1 radical (unpaired) electrons. The third kappa shape index (κ3) is 2.97. The topological polar surface area (TPSA) is 51.5 Å². The zero-order valence-electron chi connectivity index (χ0n) is 13.2. The van der Waals surface area contributed by atoms with Gasteiger partial charge in [0.05, 0.1) is 0 Å². The number of nitrogens with one attached hydrogen (secondary N) is 1. The monoisotopic (exact) mass is 325 g/mol. The van der Waals surface area contributed by atoms with E-state index in [1.165, 1.54) is 0 Å². The number of alkyl halides is 1. The Balaban J connectivity index is 1.65. The Kier molecular flexibility index (Phi) is 3.90. The van der Waals surface area contributed by atoms with Crippen molar-refractivity contribution in [3.05, 3.63) is 48.9 Å². The molecule has 1 N–H and O–H groups in total. The molecule has 3 aromatic rings. The summed E-state index contributed by atoms with van der Waals surface area (Å²) in [6.07, 6.45) is 5.60. The number of aromatic nitrogens is 3. The Bertz CT molecular complexity index is 827. The van der Waals surface area contributed by atoms with Crippen molar-refractivity contribution in [3.8, 4) is 16.9 Å². The first-order valence-corrected chi connectivity index (χ1v) is 8.08. The summed E-state index contributed by atoms with van der Waals surface area (Å²) >= 11 is 0. The summed E-state index contributed by atoms with van der Waals surface area (Å²) < 4.78 is 22.3. The van der Waals surface area contributed by atoms with Crippen LogP contribution in [0.25, 0.3) is 16.8 Å². The lowest BCUT2D eigenvalue weighted by Crippen LogP contribution is -2.42. The predicted octanol–water partition coefficient (Wildman–Crippen LogP) is 2.67. The number of hydrogen-bond acceptors (Lipinski definition) is 4. The highest BCUT2D eigenvalue weighted by Crippen LogP contribution is 2.29. The van der Waals surface area contributed by atoms with Crippen molar-refractivity contribution in [3.63, 3.8) is 0 Å². The molecule has 24 heavy (non-hydrogen) atoms. The minimum absolute atomic E-state index is 0.0233. The first-order chi connectivity index (χ1) is 11.7. The van der Waals surface area contributed by atoms with Crippen molar-refractivity contribution in [1.82, 2.24) is 19.9 Å². The lowest BCUT2D eigenvalue weighted by atomic mass is 9.95. The third-order valence-electron chi connectivity index (χ3n) is 4.39. The fraction of sp³-hybridized carbons (Fsp3) is 0.333. The second-order valence-corrected chi connectivity index (χ2v) is 6.14. The van der Waals surface area contributed by atoms with E-state index in [0.29, 0.717) is 37.3 Å². The Morgan fingerprint density at radius 2 is 2.00 bits per heavy atom. The van der Waals surface area contributed by atoms with Crippen LogP contribution in [0.5, 0.6) is 5.75 Å². The fourth-order valence-corrected chi connectivity index (χ4v) is 2.97. The molecule has 0 aliphatic carbocycles. The Labute approximate surface area is 139 Å². The van der Waals surface area contributed by atoms with E-state index in [1.807, 2.05) is 42.6 Å². The number of benzene rings is 1. The maximum Gasteiger partial charge on any atom is 0.206 e. The largest absolute Gasteiger partial charge is 0.486 e. The minimum Gasteiger partial charge on any atom is -0.486 e. The highest BCUT2D eigenvalue weighted by atomic mass is 19.1. The molecular formula is C18H18FN4O. The minimum atomic E-state index is -1.30. The molecule has 1 fully saturated rings. The summed E-state index contributed by atoms with van der Waals surface area (Å²) in [5, 5.41) is 11.0. The molecule has 4 rings (SSSR count). The van der Waals surface area contributed by atoms with Gasteiger partial charge in [0.1, 0.15) is 12.3 Å². The average molecular weight is 325 g/mol. The van der Waals surface area contributed by atoms with Gasteiger partial charge in [-0.1, -0.05) is 30.3 Å². The molecule has 0 spiro atoms. The van der Waals surface area contributed by atoms with Crippen LogP contribution in [0, 0.1) is 6.33 Å². The van der Waals surface area contributed by atoms with Crippen LogP contribution in [0.15, 0.2) is 42.6 Å². The van der Waals surface area contributed by atoms with E-state index < -0.39 is 5.67 Å². The number of piperidine rings is 1. The molecule has 123 valence electrons. The molecule has 5 nitrogen and oxygen atoms in total. The molecule has 3 heterocycles. The van der Waals surface area contributed by atoms with Crippen molar-refractivity contribution >= 4 is 5.65 Å². The number of hydrogen-bond donors (Lipinski definition) is 1. The van der Waals surface area contributed by atoms with Crippen molar-refractivity contribution in [1.29, 1.82) is 0 Å². The molecule has 1 aromatic carbocycles. The van der Waals surface area contributed by atoms with E-state index in [9.17, 15) is 4.39 Å². The Hall–Kier alpha value is -2.47. The molecular weight excluding hydrogens is 307 g/mol. The molecule has 0 amide bonds. The van der Waals surface area contributed by atoms with Crippen LogP contribution in [0.3, 0.4) is 0 Å². The zero-order valence-corrected chi connectivity index (χ0v) is 13.2. The predicted molar refractivity (Wildman–Crippen MR) is 88.7 cm³/mol. The highest BCUT2D eigenvalue weighted by Gasteiger charge is 2.33. The van der Waals surface area contributed by atoms with Crippen molar-refractivity contribution in [2.45, 2.75) is 18.5 Å². The average Bonchev–Trinajstić information content (AvgIpc) is 3.10. The summed E-state index contributed by atoms with van der Waals surface area (Å²) in [6.45, 7) is 1.38. The number of ether oxygens (including phenoxy) is 1. The van der Waals surface area contributed by atoms with Gasteiger partial charge in [0, 0.05) is 11.8 Å².